The number of aromatic nitrogens is 1. The van der Waals surface area contributed by atoms with Gasteiger partial charge in [-0.25, -0.2) is 4.98 Å². The van der Waals surface area contributed by atoms with Gasteiger partial charge in [-0.1, -0.05) is 0 Å². The number of nitrogens with zero attached hydrogens (tertiary/aromatic N) is 2. The normalized spacial score (nSPS) is 20.6. The summed E-state index contributed by atoms with van der Waals surface area (Å²) < 4.78 is 0. The largest absolute Gasteiger partial charge is 0.364 e. The van der Waals surface area contributed by atoms with E-state index in [0.717, 1.165) is 25.3 Å². The molecule has 0 unspecified atom stereocenters. The van der Waals surface area contributed by atoms with Crippen LogP contribution in [0, 0.1) is 6.07 Å². The number of nitrogens with two attached hydrogens (primary N) is 2. The highest BCUT2D eigenvalue weighted by Crippen LogP contribution is 2.16. The van der Waals surface area contributed by atoms with Crippen LogP contribution in [0.3, 0.4) is 0 Å². The smallest absolute Gasteiger partial charge is 0.268 e. The first-order chi connectivity index (χ1) is 7.16. The first kappa shape index (κ1) is 9.92. The average molecular weight is 205 g/mol. The Balaban J connectivity index is 2.21. The lowest BCUT2D eigenvalue weighted by atomic mass is 10.3. The predicted octanol–water partition coefficient (Wildman–Crippen LogP) is -0.482. The van der Waals surface area contributed by atoms with Crippen molar-refractivity contribution >= 4 is 11.7 Å². The van der Waals surface area contributed by atoms with E-state index in [9.17, 15) is 4.79 Å². The lowest BCUT2D eigenvalue weighted by molar-refractivity contribution is 0.0995. The molecule has 1 aromatic rings. The van der Waals surface area contributed by atoms with Crippen molar-refractivity contribution in [2.75, 3.05) is 18.0 Å². The first-order valence-corrected chi connectivity index (χ1v) is 4.86. The summed E-state index contributed by atoms with van der Waals surface area (Å²) in [6.07, 6.45) is 0.951. The molecule has 1 fully saturated rings. The van der Waals surface area contributed by atoms with Gasteiger partial charge in [0.1, 0.15) is 11.5 Å². The Hall–Kier alpha value is -1.62. The van der Waals surface area contributed by atoms with Gasteiger partial charge in [-0.05, 0) is 18.6 Å². The average Bonchev–Trinajstić information content (AvgIpc) is 2.65. The second kappa shape index (κ2) is 3.86. The quantitative estimate of drug-likeness (QED) is 0.682. The van der Waals surface area contributed by atoms with Gasteiger partial charge in [0.2, 0.25) is 0 Å². The molecule has 1 atom stereocenters. The highest BCUT2D eigenvalue weighted by molar-refractivity contribution is 5.90. The maximum atomic E-state index is 10.9. The summed E-state index contributed by atoms with van der Waals surface area (Å²) in [5, 5.41) is 0. The van der Waals surface area contributed by atoms with Gasteiger partial charge >= 0.3 is 0 Å². The summed E-state index contributed by atoms with van der Waals surface area (Å²) in [4.78, 5) is 17.1. The molecule has 0 saturated carbocycles. The molecule has 1 aliphatic rings. The molecule has 1 saturated heterocycles. The van der Waals surface area contributed by atoms with E-state index in [0.29, 0.717) is 0 Å². The van der Waals surface area contributed by atoms with Gasteiger partial charge in [0.25, 0.3) is 5.91 Å². The van der Waals surface area contributed by atoms with E-state index in [-0.39, 0.29) is 11.7 Å². The van der Waals surface area contributed by atoms with Crippen LogP contribution >= 0.6 is 0 Å². The summed E-state index contributed by atoms with van der Waals surface area (Å²) in [5.41, 5.74) is 11.1. The van der Waals surface area contributed by atoms with Crippen LogP contribution in [0.2, 0.25) is 0 Å². The number of carbonyl (C=O) groups excluding carboxylic acids is 1. The zero-order valence-electron chi connectivity index (χ0n) is 8.31. The zero-order valence-corrected chi connectivity index (χ0v) is 8.31. The van der Waals surface area contributed by atoms with Gasteiger partial charge in [0.15, 0.2) is 0 Å². The number of rotatable bonds is 2. The van der Waals surface area contributed by atoms with Crippen molar-refractivity contribution in [2.24, 2.45) is 11.5 Å². The minimum atomic E-state index is -0.555. The van der Waals surface area contributed by atoms with E-state index in [1.807, 2.05) is 11.0 Å². The molecular weight excluding hydrogens is 192 g/mol. The molecule has 1 aliphatic heterocycles. The summed E-state index contributed by atoms with van der Waals surface area (Å²) >= 11 is 0. The van der Waals surface area contributed by atoms with Crippen LogP contribution in [0.5, 0.6) is 0 Å². The maximum absolute atomic E-state index is 10.9. The Labute approximate surface area is 88.1 Å². The Morgan fingerprint density at radius 1 is 1.67 bits per heavy atom. The van der Waals surface area contributed by atoms with Crippen molar-refractivity contribution in [1.82, 2.24) is 4.98 Å². The number of anilines is 1. The zero-order chi connectivity index (χ0) is 10.8. The molecule has 79 valence electrons. The van der Waals surface area contributed by atoms with E-state index in [2.05, 4.69) is 11.1 Å². The SMILES string of the molecule is NC(=O)c1[c]ccc(N2CC[C@@H](N)C2)n1. The number of carbonyl (C=O) groups is 1. The highest BCUT2D eigenvalue weighted by Gasteiger charge is 2.20. The molecular formula is C10H13N4O. The first-order valence-electron chi connectivity index (χ1n) is 4.86. The maximum Gasteiger partial charge on any atom is 0.268 e. The fraction of sp³-hybridized carbons (Fsp3) is 0.400. The third kappa shape index (κ3) is 2.07. The molecule has 5 nitrogen and oxygen atoms in total. The minimum Gasteiger partial charge on any atom is -0.364 e. The molecule has 0 spiro atoms. The summed E-state index contributed by atoms with van der Waals surface area (Å²) in [5.74, 6) is 0.191. The van der Waals surface area contributed by atoms with E-state index in [1.54, 1.807) is 6.07 Å². The van der Waals surface area contributed by atoms with Crippen molar-refractivity contribution < 1.29 is 4.79 Å². The third-order valence-corrected chi connectivity index (χ3v) is 2.46. The summed E-state index contributed by atoms with van der Waals surface area (Å²) in [6.45, 7) is 1.64. The van der Waals surface area contributed by atoms with Crippen molar-refractivity contribution in [1.29, 1.82) is 0 Å². The second-order valence-electron chi connectivity index (χ2n) is 3.66. The Kier molecular flexibility index (Phi) is 2.55. The fourth-order valence-electron chi connectivity index (χ4n) is 1.68. The summed E-state index contributed by atoms with van der Waals surface area (Å²) in [7, 11) is 0. The van der Waals surface area contributed by atoms with E-state index < -0.39 is 5.91 Å². The van der Waals surface area contributed by atoms with Gasteiger partial charge in [-0.3, -0.25) is 4.79 Å². The van der Waals surface area contributed by atoms with Crippen molar-refractivity contribution in [3.05, 3.63) is 23.9 Å². The van der Waals surface area contributed by atoms with Crippen LogP contribution in [0.15, 0.2) is 12.1 Å². The van der Waals surface area contributed by atoms with Gasteiger partial charge in [-0.2, -0.15) is 0 Å². The molecule has 1 radical (unpaired) electrons. The number of pyridine rings is 1. The molecule has 15 heavy (non-hydrogen) atoms. The van der Waals surface area contributed by atoms with Crippen LogP contribution in [0.4, 0.5) is 5.82 Å². The number of hydrogen-bond donors (Lipinski definition) is 2. The van der Waals surface area contributed by atoms with Crippen LogP contribution in [0.25, 0.3) is 0 Å². The van der Waals surface area contributed by atoms with Crippen molar-refractivity contribution in [3.8, 4) is 0 Å². The topological polar surface area (TPSA) is 85.2 Å². The van der Waals surface area contributed by atoms with E-state index >= 15 is 0 Å². The number of primary amides is 1. The highest BCUT2D eigenvalue weighted by atomic mass is 16.1. The Morgan fingerprint density at radius 2 is 2.47 bits per heavy atom. The molecule has 1 amide bonds. The van der Waals surface area contributed by atoms with Crippen LogP contribution in [-0.2, 0) is 0 Å². The molecule has 2 rings (SSSR count). The summed E-state index contributed by atoms with van der Waals surface area (Å²) in [6, 6.07) is 6.36. The second-order valence-corrected chi connectivity index (χ2v) is 3.66. The van der Waals surface area contributed by atoms with Gasteiger partial charge in [-0.15, -0.1) is 0 Å². The van der Waals surface area contributed by atoms with Gasteiger partial charge < -0.3 is 16.4 Å². The predicted molar refractivity (Wildman–Crippen MR) is 56.4 cm³/mol. The monoisotopic (exact) mass is 205 g/mol. The lowest BCUT2D eigenvalue weighted by Crippen LogP contribution is -2.27. The molecule has 4 N–H and O–H groups in total. The van der Waals surface area contributed by atoms with E-state index in [1.165, 1.54) is 0 Å². The molecule has 5 heteroatoms. The fourth-order valence-corrected chi connectivity index (χ4v) is 1.68. The molecule has 0 aromatic carbocycles. The van der Waals surface area contributed by atoms with Crippen LogP contribution in [-0.4, -0.2) is 30.0 Å². The van der Waals surface area contributed by atoms with Crippen LogP contribution < -0.4 is 16.4 Å². The third-order valence-electron chi connectivity index (χ3n) is 2.46. The molecule has 2 heterocycles. The minimum absolute atomic E-state index is 0.174. The van der Waals surface area contributed by atoms with Crippen molar-refractivity contribution in [2.45, 2.75) is 12.5 Å². The Morgan fingerprint density at radius 3 is 3.07 bits per heavy atom. The molecule has 0 bridgehead atoms. The van der Waals surface area contributed by atoms with Crippen LogP contribution in [0.1, 0.15) is 16.9 Å². The van der Waals surface area contributed by atoms with E-state index in [4.69, 9.17) is 11.5 Å². The van der Waals surface area contributed by atoms with Gasteiger partial charge in [0, 0.05) is 25.2 Å². The molecule has 0 aliphatic carbocycles. The number of hydrogen-bond acceptors (Lipinski definition) is 4. The standard InChI is InChI=1S/C10H13N4O/c11-7-4-5-14(6-7)9-3-1-2-8(13-9)10(12)15/h1,3,7H,4-6,11H2,(H2,12,15)/t7-/m1/s1. The number of amides is 1. The van der Waals surface area contributed by atoms with Crippen molar-refractivity contribution in [3.63, 3.8) is 0 Å². The molecule has 1 aromatic heterocycles. The lowest BCUT2D eigenvalue weighted by Gasteiger charge is -2.16. The van der Waals surface area contributed by atoms with Gasteiger partial charge in [0.05, 0.1) is 0 Å². The Bertz CT molecular complexity index is 379.